The SMILES string of the molecule is COc1ncnc(C2CC2)c1-c1ncc2c(n1)N(Cc1ccc(-c3nc(C(C)(F)F)cn3C3CC3)c(F)c1)C1(CC1)C(=O)N2C. The number of anilines is 2. The van der Waals surface area contributed by atoms with Crippen LogP contribution in [0.2, 0.25) is 0 Å². The third kappa shape index (κ3) is 4.54. The molecule has 3 aliphatic carbocycles. The van der Waals surface area contributed by atoms with E-state index in [4.69, 9.17) is 9.72 Å². The molecule has 8 rings (SSSR count). The van der Waals surface area contributed by atoms with Crippen LogP contribution in [0.1, 0.15) is 74.4 Å². The highest BCUT2D eigenvalue weighted by molar-refractivity contribution is 6.09. The number of nitrogens with zero attached hydrogens (tertiary/aromatic N) is 8. The highest BCUT2D eigenvalue weighted by Crippen LogP contribution is 2.53. The van der Waals surface area contributed by atoms with Crippen LogP contribution in [-0.2, 0) is 17.3 Å². The topological polar surface area (TPSA) is 102 Å². The summed E-state index contributed by atoms with van der Waals surface area (Å²) in [5.41, 5.74) is 1.59. The van der Waals surface area contributed by atoms with E-state index in [0.29, 0.717) is 47.2 Å². The van der Waals surface area contributed by atoms with Crippen LogP contribution in [0.25, 0.3) is 22.8 Å². The number of benzene rings is 1. The predicted molar refractivity (Wildman–Crippen MR) is 159 cm³/mol. The number of rotatable bonds is 8. The van der Waals surface area contributed by atoms with E-state index in [1.54, 1.807) is 42.0 Å². The first-order valence-electron chi connectivity index (χ1n) is 15.2. The molecule has 10 nitrogen and oxygen atoms in total. The Morgan fingerprint density at radius 2 is 1.87 bits per heavy atom. The van der Waals surface area contributed by atoms with E-state index < -0.39 is 17.3 Å². The van der Waals surface area contributed by atoms with Gasteiger partial charge in [-0.3, -0.25) is 4.79 Å². The number of fused-ring (bicyclic) bond motifs is 1. The average Bonchev–Trinajstić information content (AvgIpc) is 3.90. The van der Waals surface area contributed by atoms with Crippen molar-refractivity contribution in [2.24, 2.45) is 0 Å². The predicted octanol–water partition coefficient (Wildman–Crippen LogP) is 5.78. The minimum Gasteiger partial charge on any atom is -0.480 e. The van der Waals surface area contributed by atoms with Crippen molar-refractivity contribution in [2.75, 3.05) is 24.0 Å². The Hall–Kier alpha value is -4.55. The van der Waals surface area contributed by atoms with E-state index in [1.165, 1.54) is 18.6 Å². The first-order valence-corrected chi connectivity index (χ1v) is 15.2. The maximum absolute atomic E-state index is 15.8. The van der Waals surface area contributed by atoms with Crippen LogP contribution in [0, 0.1) is 5.82 Å². The maximum atomic E-state index is 15.8. The smallest absolute Gasteiger partial charge is 0.288 e. The summed E-state index contributed by atoms with van der Waals surface area (Å²) in [5, 5.41) is 0. The van der Waals surface area contributed by atoms with Gasteiger partial charge in [-0.2, -0.15) is 8.78 Å². The van der Waals surface area contributed by atoms with Crippen molar-refractivity contribution in [1.29, 1.82) is 0 Å². The van der Waals surface area contributed by atoms with Crippen LogP contribution in [0.5, 0.6) is 5.88 Å². The quantitative estimate of drug-likeness (QED) is 0.245. The Labute approximate surface area is 257 Å². The van der Waals surface area contributed by atoms with Gasteiger partial charge in [0.05, 0.1) is 24.6 Å². The number of aromatic nitrogens is 6. The second-order valence-corrected chi connectivity index (χ2v) is 12.6. The molecule has 3 saturated carbocycles. The molecule has 0 atom stereocenters. The molecule has 0 unspecified atom stereocenters. The van der Waals surface area contributed by atoms with Crippen LogP contribution < -0.4 is 14.5 Å². The third-order valence-electron chi connectivity index (χ3n) is 9.27. The Balaban J connectivity index is 1.19. The average molecular weight is 617 g/mol. The van der Waals surface area contributed by atoms with Gasteiger partial charge < -0.3 is 19.1 Å². The molecule has 4 heterocycles. The second-order valence-electron chi connectivity index (χ2n) is 12.6. The zero-order valence-corrected chi connectivity index (χ0v) is 25.1. The molecule has 45 heavy (non-hydrogen) atoms. The lowest BCUT2D eigenvalue weighted by molar-refractivity contribution is -0.120. The number of amides is 1. The number of halogens is 3. The summed E-state index contributed by atoms with van der Waals surface area (Å²) in [6.45, 7) is 0.995. The number of likely N-dealkylation sites (N-methyl/N-ethyl adjacent to an activating group) is 1. The number of hydrogen-bond donors (Lipinski definition) is 0. The van der Waals surface area contributed by atoms with Gasteiger partial charge in [-0.25, -0.2) is 29.3 Å². The van der Waals surface area contributed by atoms with Crippen molar-refractivity contribution in [3.05, 3.63) is 59.7 Å². The van der Waals surface area contributed by atoms with E-state index in [0.717, 1.165) is 38.3 Å². The van der Waals surface area contributed by atoms with Crippen molar-refractivity contribution in [2.45, 2.75) is 75.4 Å². The number of hydrogen-bond acceptors (Lipinski definition) is 8. The van der Waals surface area contributed by atoms with Crippen LogP contribution in [0.15, 0.2) is 36.9 Å². The van der Waals surface area contributed by atoms with Crippen LogP contribution in [0.3, 0.4) is 0 Å². The Morgan fingerprint density at radius 1 is 1.09 bits per heavy atom. The van der Waals surface area contributed by atoms with E-state index in [-0.39, 0.29) is 41.5 Å². The number of carbonyl (C=O) groups is 1. The molecule has 1 amide bonds. The first kappa shape index (κ1) is 28.0. The molecular weight excluding hydrogens is 585 g/mol. The van der Waals surface area contributed by atoms with Gasteiger partial charge in [0.15, 0.2) is 11.6 Å². The number of alkyl halides is 2. The zero-order valence-electron chi connectivity index (χ0n) is 25.1. The molecule has 1 aromatic carbocycles. The highest BCUT2D eigenvalue weighted by atomic mass is 19.3. The van der Waals surface area contributed by atoms with Gasteiger partial charge in [-0.05, 0) is 56.2 Å². The highest BCUT2D eigenvalue weighted by Gasteiger charge is 2.59. The first-order chi connectivity index (χ1) is 21.6. The summed E-state index contributed by atoms with van der Waals surface area (Å²) in [7, 11) is 3.26. The molecule has 4 aliphatic rings. The van der Waals surface area contributed by atoms with E-state index in [2.05, 4.69) is 19.9 Å². The van der Waals surface area contributed by atoms with E-state index >= 15 is 4.39 Å². The molecule has 1 aliphatic heterocycles. The number of ether oxygens (including phenoxy) is 1. The molecule has 13 heteroatoms. The summed E-state index contributed by atoms with van der Waals surface area (Å²) in [6, 6.07) is 4.77. The zero-order chi connectivity index (χ0) is 31.2. The fourth-order valence-corrected chi connectivity index (χ4v) is 6.36. The Morgan fingerprint density at radius 3 is 2.51 bits per heavy atom. The molecule has 3 aromatic heterocycles. The number of imidazole rings is 1. The minimum absolute atomic E-state index is 0.0354. The fourth-order valence-electron chi connectivity index (χ4n) is 6.36. The van der Waals surface area contributed by atoms with E-state index in [1.807, 2.05) is 4.90 Å². The van der Waals surface area contributed by atoms with Crippen LogP contribution >= 0.6 is 0 Å². The molecular formula is C32H31F3N8O2. The summed E-state index contributed by atoms with van der Waals surface area (Å²) < 4.78 is 51.3. The minimum atomic E-state index is -3.14. The molecule has 0 saturated heterocycles. The monoisotopic (exact) mass is 616 g/mol. The lowest BCUT2D eigenvalue weighted by atomic mass is 10.0. The summed E-state index contributed by atoms with van der Waals surface area (Å²) in [4.78, 5) is 39.8. The molecule has 1 spiro atoms. The Bertz CT molecular complexity index is 1860. The molecule has 232 valence electrons. The number of carbonyl (C=O) groups excluding carboxylic acids is 1. The van der Waals surface area contributed by atoms with Crippen LogP contribution in [-0.4, -0.2) is 55.1 Å². The second kappa shape index (κ2) is 9.72. The summed E-state index contributed by atoms with van der Waals surface area (Å²) in [5.74, 6) is -1.97. The van der Waals surface area contributed by atoms with Crippen molar-refractivity contribution >= 4 is 17.4 Å². The van der Waals surface area contributed by atoms with Gasteiger partial charge >= 0.3 is 0 Å². The van der Waals surface area contributed by atoms with Crippen molar-refractivity contribution in [3.63, 3.8) is 0 Å². The Kier molecular flexibility index (Phi) is 6.04. The van der Waals surface area contributed by atoms with Gasteiger partial charge in [0.25, 0.3) is 11.8 Å². The van der Waals surface area contributed by atoms with Gasteiger partial charge in [-0.15, -0.1) is 0 Å². The van der Waals surface area contributed by atoms with Crippen molar-refractivity contribution in [1.82, 2.24) is 29.5 Å². The molecule has 4 aromatic rings. The third-order valence-corrected chi connectivity index (χ3v) is 9.27. The largest absolute Gasteiger partial charge is 0.480 e. The molecule has 0 N–H and O–H groups in total. The van der Waals surface area contributed by atoms with Gasteiger partial charge in [0.2, 0.25) is 5.88 Å². The van der Waals surface area contributed by atoms with Crippen molar-refractivity contribution < 1.29 is 22.7 Å². The maximum Gasteiger partial charge on any atom is 0.288 e. The van der Waals surface area contributed by atoms with E-state index in [9.17, 15) is 13.6 Å². The molecule has 3 fully saturated rings. The lowest BCUT2D eigenvalue weighted by Gasteiger charge is -2.41. The summed E-state index contributed by atoms with van der Waals surface area (Å²) in [6.07, 6.45) is 9.40. The van der Waals surface area contributed by atoms with Crippen molar-refractivity contribution in [3.8, 4) is 28.7 Å². The standard InChI is InChI=1S/C32H31F3N8O2/c1-31(34,35)23-15-42(19-7-8-19)27(39-23)20-9-4-17(12-21(20)33)14-43-28-22(41(2)30(44)32(43)10-11-32)13-36-26(40-28)24-25(18-5-6-18)37-16-38-29(24)45-3/h4,9,12-13,15-16,18-19H,5-8,10-11,14H2,1-3H3. The normalized spacial score (nSPS) is 18.8. The fraction of sp³-hybridized carbons (Fsp3) is 0.438. The van der Waals surface area contributed by atoms with Gasteiger partial charge in [-0.1, -0.05) is 6.07 Å². The van der Waals surface area contributed by atoms with Gasteiger partial charge in [0, 0.05) is 38.7 Å². The summed E-state index contributed by atoms with van der Waals surface area (Å²) >= 11 is 0. The lowest BCUT2D eigenvalue weighted by Crippen LogP contribution is -2.54. The number of methoxy groups -OCH3 is 1. The van der Waals surface area contributed by atoms with Crippen LogP contribution in [0.4, 0.5) is 24.7 Å². The molecule has 0 radical (unpaired) electrons. The van der Waals surface area contributed by atoms with Gasteiger partial charge in [0.1, 0.15) is 40.5 Å². The molecule has 0 bridgehead atoms.